The number of likely N-dealkylation sites (tertiary alicyclic amines) is 1. The van der Waals surface area contributed by atoms with Gasteiger partial charge >= 0.3 is 12.1 Å². The van der Waals surface area contributed by atoms with Crippen molar-refractivity contribution in [2.24, 2.45) is 0 Å². The number of anilines is 2. The highest BCUT2D eigenvalue weighted by Gasteiger charge is 2.31. The molecule has 9 heteroatoms. The molecule has 150 valence electrons. The van der Waals surface area contributed by atoms with Crippen molar-refractivity contribution in [3.63, 3.8) is 0 Å². The quantitative estimate of drug-likeness (QED) is 0.776. The van der Waals surface area contributed by atoms with Crippen molar-refractivity contribution in [2.75, 3.05) is 36.4 Å². The van der Waals surface area contributed by atoms with Gasteiger partial charge in [-0.1, -0.05) is 0 Å². The zero-order valence-corrected chi connectivity index (χ0v) is 16.7. The molecule has 2 heterocycles. The van der Waals surface area contributed by atoms with Gasteiger partial charge in [0.15, 0.2) is 0 Å². The number of nitrogens with zero attached hydrogens (tertiary/aromatic N) is 4. The van der Waals surface area contributed by atoms with Gasteiger partial charge in [-0.3, -0.25) is 0 Å². The lowest BCUT2D eigenvalue weighted by Crippen LogP contribution is -2.36. The molecule has 1 unspecified atom stereocenters. The molecule has 1 fully saturated rings. The number of hydrogen-bond acceptors (Lipinski definition) is 7. The van der Waals surface area contributed by atoms with E-state index in [9.17, 15) is 14.7 Å². The third kappa shape index (κ3) is 5.45. The molecular weight excluding hydrogens is 350 g/mol. The van der Waals surface area contributed by atoms with Crippen molar-refractivity contribution in [2.45, 2.75) is 52.7 Å². The first-order valence-corrected chi connectivity index (χ1v) is 9.24. The molecule has 0 saturated carbocycles. The van der Waals surface area contributed by atoms with Crippen molar-refractivity contribution >= 4 is 23.8 Å². The Morgan fingerprint density at radius 1 is 1.37 bits per heavy atom. The second-order valence-corrected chi connectivity index (χ2v) is 7.47. The van der Waals surface area contributed by atoms with Gasteiger partial charge in [-0.15, -0.1) is 0 Å². The molecule has 0 radical (unpaired) electrons. The van der Waals surface area contributed by atoms with E-state index in [0.29, 0.717) is 25.5 Å². The topological polar surface area (TPSA) is 108 Å². The minimum atomic E-state index is -1.09. The van der Waals surface area contributed by atoms with Crippen molar-refractivity contribution < 1.29 is 19.4 Å². The van der Waals surface area contributed by atoms with Crippen molar-refractivity contribution in [1.29, 1.82) is 0 Å². The van der Waals surface area contributed by atoms with Crippen LogP contribution in [0.3, 0.4) is 0 Å². The third-order valence-corrected chi connectivity index (χ3v) is 4.23. The van der Waals surface area contributed by atoms with E-state index in [0.717, 1.165) is 13.1 Å². The van der Waals surface area contributed by atoms with Crippen LogP contribution in [0.2, 0.25) is 0 Å². The van der Waals surface area contributed by atoms with Gasteiger partial charge in [-0.2, -0.15) is 4.98 Å². The smallest absolute Gasteiger partial charge is 0.410 e. The number of nitrogens with one attached hydrogen (secondary N) is 1. The third-order valence-electron chi connectivity index (χ3n) is 4.23. The molecule has 1 saturated heterocycles. The zero-order chi connectivity index (χ0) is 20.2. The van der Waals surface area contributed by atoms with Gasteiger partial charge in [0.05, 0.1) is 0 Å². The van der Waals surface area contributed by atoms with Gasteiger partial charge in [0.1, 0.15) is 17.0 Å². The van der Waals surface area contributed by atoms with E-state index < -0.39 is 11.6 Å². The average molecular weight is 379 g/mol. The summed E-state index contributed by atoms with van der Waals surface area (Å²) >= 11 is 0. The molecule has 0 spiro atoms. The van der Waals surface area contributed by atoms with E-state index in [4.69, 9.17) is 4.74 Å². The summed E-state index contributed by atoms with van der Waals surface area (Å²) < 4.78 is 5.39. The summed E-state index contributed by atoms with van der Waals surface area (Å²) in [6, 6.07) is -0.102. The lowest BCUT2D eigenvalue weighted by Gasteiger charge is -2.24. The molecule has 2 rings (SSSR count). The van der Waals surface area contributed by atoms with Gasteiger partial charge in [0.2, 0.25) is 5.95 Å². The number of aromatic nitrogens is 2. The largest absolute Gasteiger partial charge is 0.477 e. The highest BCUT2D eigenvalue weighted by atomic mass is 16.6. The lowest BCUT2D eigenvalue weighted by atomic mass is 10.2. The normalized spacial score (nSPS) is 16.9. The molecule has 27 heavy (non-hydrogen) atoms. The molecule has 1 aliphatic rings. The Hall–Kier alpha value is -2.58. The molecule has 2 N–H and O–H groups in total. The Labute approximate surface area is 159 Å². The van der Waals surface area contributed by atoms with Crippen LogP contribution < -0.4 is 10.2 Å². The monoisotopic (exact) mass is 379 g/mol. The van der Waals surface area contributed by atoms with E-state index in [-0.39, 0.29) is 23.5 Å². The van der Waals surface area contributed by atoms with Crippen LogP contribution in [-0.4, -0.2) is 69.9 Å². The molecule has 1 aromatic heterocycles. The SMILES string of the molecule is CCN(CC)c1ncc(C(=O)O)c(NC2CCN(C(=O)OC(C)(C)C)C2)n1. The Bertz CT molecular complexity index is 685. The number of carboxylic acids is 1. The summed E-state index contributed by atoms with van der Waals surface area (Å²) in [6.07, 6.45) is 1.64. The highest BCUT2D eigenvalue weighted by molar-refractivity contribution is 5.93. The number of hydrogen-bond donors (Lipinski definition) is 2. The first kappa shape index (κ1) is 20.7. The predicted octanol–water partition coefficient (Wildman–Crippen LogP) is 2.44. The molecular formula is C18H29N5O4. The fourth-order valence-corrected chi connectivity index (χ4v) is 2.86. The number of carbonyl (C=O) groups is 2. The summed E-state index contributed by atoms with van der Waals surface area (Å²) in [5.74, 6) is -0.337. The standard InChI is InChI=1S/C18H29N5O4/c1-6-22(7-2)16-19-10-13(15(24)25)14(21-16)20-12-8-9-23(11-12)17(26)27-18(3,4)5/h10,12H,6-9,11H2,1-5H3,(H,24,25)(H,19,20,21). The second-order valence-electron chi connectivity index (χ2n) is 7.47. The van der Waals surface area contributed by atoms with Gasteiger partial charge in [-0.25, -0.2) is 14.6 Å². The molecule has 1 aliphatic heterocycles. The summed E-state index contributed by atoms with van der Waals surface area (Å²) in [5, 5.41) is 12.6. The molecule has 0 aliphatic carbocycles. The number of rotatable bonds is 6. The number of carboxylic acid groups (broad SMARTS) is 1. The van der Waals surface area contributed by atoms with Crippen LogP contribution in [0.5, 0.6) is 0 Å². The Morgan fingerprint density at radius 3 is 2.59 bits per heavy atom. The van der Waals surface area contributed by atoms with Crippen LogP contribution in [0.15, 0.2) is 6.20 Å². The highest BCUT2D eigenvalue weighted by Crippen LogP contribution is 2.22. The second kappa shape index (κ2) is 8.41. The minimum Gasteiger partial charge on any atom is -0.477 e. The zero-order valence-electron chi connectivity index (χ0n) is 16.7. The molecule has 0 aromatic carbocycles. The summed E-state index contributed by atoms with van der Waals surface area (Å²) in [7, 11) is 0. The number of aromatic carboxylic acids is 1. The number of carbonyl (C=O) groups excluding carboxylic acids is 1. The molecule has 1 aromatic rings. The van der Waals surface area contributed by atoms with Gasteiger partial charge in [0, 0.05) is 38.4 Å². The maximum atomic E-state index is 12.2. The summed E-state index contributed by atoms with van der Waals surface area (Å²) in [6.45, 7) is 11.9. The van der Waals surface area contributed by atoms with E-state index in [1.807, 2.05) is 39.5 Å². The average Bonchev–Trinajstić information content (AvgIpc) is 3.03. The van der Waals surface area contributed by atoms with Gasteiger partial charge < -0.3 is 25.0 Å². The molecule has 1 amide bonds. The Balaban J connectivity index is 2.13. The molecule has 0 bridgehead atoms. The van der Waals surface area contributed by atoms with E-state index in [1.54, 1.807) is 4.90 Å². The first-order chi connectivity index (χ1) is 12.6. The van der Waals surface area contributed by atoms with Crippen molar-refractivity contribution in [3.8, 4) is 0 Å². The molecule has 9 nitrogen and oxygen atoms in total. The lowest BCUT2D eigenvalue weighted by molar-refractivity contribution is 0.0293. The summed E-state index contributed by atoms with van der Waals surface area (Å²) in [5.41, 5.74) is -0.536. The fourth-order valence-electron chi connectivity index (χ4n) is 2.86. The van der Waals surface area contributed by atoms with Gasteiger partial charge in [-0.05, 0) is 41.0 Å². The van der Waals surface area contributed by atoms with E-state index >= 15 is 0 Å². The minimum absolute atomic E-state index is 0.0154. The number of amides is 1. The molecule has 1 atom stereocenters. The Kier molecular flexibility index (Phi) is 6.45. The Morgan fingerprint density at radius 2 is 2.04 bits per heavy atom. The fraction of sp³-hybridized carbons (Fsp3) is 0.667. The van der Waals surface area contributed by atoms with Crippen LogP contribution in [0.1, 0.15) is 51.4 Å². The van der Waals surface area contributed by atoms with Crippen LogP contribution in [0, 0.1) is 0 Å². The van der Waals surface area contributed by atoms with E-state index in [2.05, 4.69) is 15.3 Å². The van der Waals surface area contributed by atoms with Gasteiger partial charge in [0.25, 0.3) is 0 Å². The van der Waals surface area contributed by atoms with E-state index in [1.165, 1.54) is 6.20 Å². The first-order valence-electron chi connectivity index (χ1n) is 9.24. The summed E-state index contributed by atoms with van der Waals surface area (Å²) in [4.78, 5) is 35.9. The van der Waals surface area contributed by atoms with Crippen LogP contribution in [0.25, 0.3) is 0 Å². The van der Waals surface area contributed by atoms with Crippen molar-refractivity contribution in [1.82, 2.24) is 14.9 Å². The van der Waals surface area contributed by atoms with Crippen LogP contribution in [-0.2, 0) is 4.74 Å². The van der Waals surface area contributed by atoms with Crippen molar-refractivity contribution in [3.05, 3.63) is 11.8 Å². The van der Waals surface area contributed by atoms with Crippen LogP contribution in [0.4, 0.5) is 16.6 Å². The van der Waals surface area contributed by atoms with Crippen LogP contribution >= 0.6 is 0 Å². The maximum absolute atomic E-state index is 12.2. The predicted molar refractivity (Wildman–Crippen MR) is 102 cm³/mol. The number of ether oxygens (including phenoxy) is 1. The maximum Gasteiger partial charge on any atom is 0.410 e.